The molecule has 4 rings (SSSR count). The number of carbonyl (C=O) groups excluding carboxylic acids is 2. The number of nitrogens with one attached hydrogen (secondary N) is 1. The summed E-state index contributed by atoms with van der Waals surface area (Å²) in [6, 6.07) is 7.81. The van der Waals surface area contributed by atoms with E-state index in [4.69, 9.17) is 14.2 Å². The van der Waals surface area contributed by atoms with Gasteiger partial charge in [0.15, 0.2) is 17.3 Å². The predicted molar refractivity (Wildman–Crippen MR) is 126 cm³/mol. The van der Waals surface area contributed by atoms with Gasteiger partial charge in [-0.05, 0) is 49.6 Å². The molecule has 1 amide bonds. The van der Waals surface area contributed by atoms with E-state index in [9.17, 15) is 18.0 Å². The Morgan fingerprint density at radius 2 is 1.76 bits per heavy atom. The van der Waals surface area contributed by atoms with Crippen molar-refractivity contribution in [1.82, 2.24) is 4.31 Å². The van der Waals surface area contributed by atoms with Gasteiger partial charge in [0.25, 0.3) is 0 Å². The number of rotatable bonds is 7. The minimum Gasteiger partial charge on any atom is -0.495 e. The lowest BCUT2D eigenvalue weighted by Gasteiger charge is -2.26. The maximum absolute atomic E-state index is 13.2. The second-order valence-corrected chi connectivity index (χ2v) is 9.91. The van der Waals surface area contributed by atoms with Crippen molar-refractivity contribution in [3.05, 3.63) is 47.5 Å². The third-order valence-electron chi connectivity index (χ3n) is 5.70. The molecule has 0 atom stereocenters. The van der Waals surface area contributed by atoms with Gasteiger partial charge in [0, 0.05) is 30.8 Å². The van der Waals surface area contributed by atoms with Crippen LogP contribution in [0.2, 0.25) is 0 Å². The highest BCUT2D eigenvalue weighted by Crippen LogP contribution is 2.37. The molecule has 2 aromatic carbocycles. The number of ether oxygens (including phenoxy) is 3. The van der Waals surface area contributed by atoms with E-state index in [2.05, 4.69) is 5.32 Å². The topological polar surface area (TPSA) is 111 Å². The fraction of sp³-hybridized carbons (Fsp3) is 0.333. The van der Waals surface area contributed by atoms with Crippen LogP contribution in [-0.2, 0) is 14.8 Å². The SMILES string of the molecule is COc1ccc(C=CC(=O)Nc2cc3c(cc2C(C)=O)OCO3)cc1S(=O)(=O)N1CCCCC1. The molecular weight excluding hydrogens is 460 g/mol. The van der Waals surface area contributed by atoms with Crippen LogP contribution in [0.1, 0.15) is 42.1 Å². The van der Waals surface area contributed by atoms with E-state index < -0.39 is 15.9 Å². The molecule has 1 N–H and O–H groups in total. The molecule has 0 bridgehead atoms. The molecule has 9 nitrogen and oxygen atoms in total. The van der Waals surface area contributed by atoms with Crippen LogP contribution in [0.4, 0.5) is 5.69 Å². The van der Waals surface area contributed by atoms with Crippen molar-refractivity contribution in [3.8, 4) is 17.2 Å². The third kappa shape index (κ3) is 4.92. The smallest absolute Gasteiger partial charge is 0.248 e. The van der Waals surface area contributed by atoms with Crippen LogP contribution < -0.4 is 19.5 Å². The van der Waals surface area contributed by atoms with Gasteiger partial charge < -0.3 is 19.5 Å². The first-order chi connectivity index (χ1) is 16.3. The molecule has 2 heterocycles. The number of sulfonamides is 1. The minimum absolute atomic E-state index is 0.0458. The number of hydrogen-bond acceptors (Lipinski definition) is 7. The second-order valence-electron chi connectivity index (χ2n) is 8.00. The van der Waals surface area contributed by atoms with Gasteiger partial charge in [-0.15, -0.1) is 0 Å². The van der Waals surface area contributed by atoms with Gasteiger partial charge in [-0.2, -0.15) is 4.31 Å². The number of benzene rings is 2. The van der Waals surface area contributed by atoms with E-state index in [1.165, 1.54) is 42.6 Å². The van der Waals surface area contributed by atoms with Crippen molar-refractivity contribution in [3.63, 3.8) is 0 Å². The van der Waals surface area contributed by atoms with Crippen molar-refractivity contribution in [1.29, 1.82) is 0 Å². The van der Waals surface area contributed by atoms with Crippen LogP contribution in [0.25, 0.3) is 6.08 Å². The number of ketones is 1. The fourth-order valence-electron chi connectivity index (χ4n) is 3.93. The van der Waals surface area contributed by atoms with Crippen molar-refractivity contribution in [2.45, 2.75) is 31.1 Å². The Labute approximate surface area is 198 Å². The number of Topliss-reactive ketones (excluding diaryl/α,β-unsaturated/α-hetero) is 1. The normalized spacial score (nSPS) is 15.9. The van der Waals surface area contributed by atoms with Crippen molar-refractivity contribution < 1.29 is 32.2 Å². The number of methoxy groups -OCH3 is 1. The highest BCUT2D eigenvalue weighted by molar-refractivity contribution is 7.89. The summed E-state index contributed by atoms with van der Waals surface area (Å²) < 4.78 is 43.7. The molecule has 2 aromatic rings. The lowest BCUT2D eigenvalue weighted by atomic mass is 10.1. The Morgan fingerprint density at radius 1 is 1.06 bits per heavy atom. The van der Waals surface area contributed by atoms with Crippen LogP contribution in [0.5, 0.6) is 17.2 Å². The summed E-state index contributed by atoms with van der Waals surface area (Å²) in [6.45, 7) is 2.39. The van der Waals surface area contributed by atoms with E-state index in [0.29, 0.717) is 41.4 Å². The maximum atomic E-state index is 13.2. The highest BCUT2D eigenvalue weighted by Gasteiger charge is 2.29. The molecule has 1 fully saturated rings. The van der Waals surface area contributed by atoms with Crippen LogP contribution in [0.15, 0.2) is 41.3 Å². The average molecular weight is 487 g/mol. The van der Waals surface area contributed by atoms with Gasteiger partial charge in [0.05, 0.1) is 12.8 Å². The quantitative estimate of drug-likeness (QED) is 0.471. The average Bonchev–Trinajstić information content (AvgIpc) is 3.30. The molecule has 0 aromatic heterocycles. The number of fused-ring (bicyclic) bond motifs is 1. The molecule has 34 heavy (non-hydrogen) atoms. The lowest BCUT2D eigenvalue weighted by molar-refractivity contribution is -0.111. The summed E-state index contributed by atoms with van der Waals surface area (Å²) >= 11 is 0. The standard InChI is InChI=1S/C24H26N2O7S/c1-16(27)18-13-21-22(33-15-32-21)14-19(18)25-24(28)9-7-17-6-8-20(31-2)23(12-17)34(29,30)26-10-4-3-5-11-26/h6-9,12-14H,3-5,10-11,15H2,1-2H3,(H,25,28). The number of carbonyl (C=O) groups is 2. The van der Waals surface area contributed by atoms with Gasteiger partial charge in [0.1, 0.15) is 10.6 Å². The van der Waals surface area contributed by atoms with Crippen LogP contribution in [-0.4, -0.2) is 51.4 Å². The number of hydrogen-bond donors (Lipinski definition) is 1. The van der Waals surface area contributed by atoms with Gasteiger partial charge >= 0.3 is 0 Å². The molecule has 0 spiro atoms. The van der Waals surface area contributed by atoms with Gasteiger partial charge in [-0.25, -0.2) is 8.42 Å². The molecule has 2 aliphatic heterocycles. The van der Waals surface area contributed by atoms with Crippen LogP contribution >= 0.6 is 0 Å². The Hall–Kier alpha value is -3.37. The number of amides is 1. The molecule has 0 unspecified atom stereocenters. The Kier molecular flexibility index (Phi) is 6.90. The zero-order valence-corrected chi connectivity index (χ0v) is 19.8. The predicted octanol–water partition coefficient (Wildman–Crippen LogP) is 3.45. The number of anilines is 1. The molecule has 2 aliphatic rings. The molecule has 10 heteroatoms. The first kappa shape index (κ1) is 23.8. The monoisotopic (exact) mass is 486 g/mol. The molecule has 180 valence electrons. The van der Waals surface area contributed by atoms with Crippen molar-refractivity contribution in [2.24, 2.45) is 0 Å². The number of nitrogens with zero attached hydrogens (tertiary/aromatic N) is 1. The van der Waals surface area contributed by atoms with Gasteiger partial charge in [-0.3, -0.25) is 9.59 Å². The summed E-state index contributed by atoms with van der Waals surface area (Å²) in [5, 5.41) is 2.68. The summed E-state index contributed by atoms with van der Waals surface area (Å²) in [5.74, 6) is 0.406. The third-order valence-corrected chi connectivity index (χ3v) is 7.62. The molecule has 1 saturated heterocycles. The number of piperidine rings is 1. The first-order valence-corrected chi connectivity index (χ1v) is 12.4. The zero-order valence-electron chi connectivity index (χ0n) is 19.0. The van der Waals surface area contributed by atoms with E-state index in [-0.39, 0.29) is 23.2 Å². The Bertz CT molecular complexity index is 1250. The van der Waals surface area contributed by atoms with Crippen molar-refractivity contribution in [2.75, 3.05) is 32.3 Å². The highest BCUT2D eigenvalue weighted by atomic mass is 32.2. The first-order valence-electron chi connectivity index (χ1n) is 10.9. The molecule has 0 saturated carbocycles. The summed E-state index contributed by atoms with van der Waals surface area (Å²) in [7, 11) is -2.30. The van der Waals surface area contributed by atoms with Crippen LogP contribution in [0.3, 0.4) is 0 Å². The summed E-state index contributed by atoms with van der Waals surface area (Å²) in [4.78, 5) is 24.7. The van der Waals surface area contributed by atoms with E-state index in [1.54, 1.807) is 18.2 Å². The van der Waals surface area contributed by atoms with E-state index in [1.807, 2.05) is 0 Å². The largest absolute Gasteiger partial charge is 0.495 e. The zero-order chi connectivity index (χ0) is 24.3. The van der Waals surface area contributed by atoms with Crippen LogP contribution in [0, 0.1) is 0 Å². The van der Waals surface area contributed by atoms with E-state index in [0.717, 1.165) is 19.3 Å². The second kappa shape index (κ2) is 9.86. The Balaban J connectivity index is 1.56. The van der Waals surface area contributed by atoms with Gasteiger partial charge in [-0.1, -0.05) is 12.5 Å². The molecular formula is C24H26N2O7S. The summed E-state index contributed by atoms with van der Waals surface area (Å²) in [6.07, 6.45) is 5.43. The summed E-state index contributed by atoms with van der Waals surface area (Å²) in [5.41, 5.74) is 1.11. The van der Waals surface area contributed by atoms with Gasteiger partial charge in [0.2, 0.25) is 22.7 Å². The van der Waals surface area contributed by atoms with Crippen molar-refractivity contribution >= 4 is 33.5 Å². The Morgan fingerprint density at radius 3 is 2.44 bits per heavy atom. The lowest BCUT2D eigenvalue weighted by Crippen LogP contribution is -2.35. The minimum atomic E-state index is -3.72. The molecule has 0 radical (unpaired) electrons. The maximum Gasteiger partial charge on any atom is 0.248 e. The fourth-order valence-corrected chi connectivity index (χ4v) is 5.63. The van der Waals surface area contributed by atoms with E-state index >= 15 is 0 Å². The molecule has 0 aliphatic carbocycles.